The van der Waals surface area contributed by atoms with Crippen LogP contribution in [0.25, 0.3) is 6.08 Å². The maximum absolute atomic E-state index is 10.9. The van der Waals surface area contributed by atoms with Crippen molar-refractivity contribution in [3.05, 3.63) is 18.0 Å². The Morgan fingerprint density at radius 3 is 3.08 bits per heavy atom. The molecule has 5 nitrogen and oxygen atoms in total. The van der Waals surface area contributed by atoms with Crippen LogP contribution in [-0.4, -0.2) is 27.6 Å². The van der Waals surface area contributed by atoms with Crippen molar-refractivity contribution in [3.8, 4) is 0 Å². The molecule has 0 aliphatic rings. The molecule has 0 saturated heterocycles. The highest BCUT2D eigenvalue weighted by molar-refractivity contribution is 5.86. The average molecular weight is 181 g/mol. The lowest BCUT2D eigenvalue weighted by Crippen LogP contribution is -1.98. The fourth-order valence-electron chi connectivity index (χ4n) is 0.785. The van der Waals surface area contributed by atoms with Gasteiger partial charge < -0.3 is 4.74 Å². The molecule has 1 aromatic heterocycles. The lowest BCUT2D eigenvalue weighted by Gasteiger charge is -1.92. The summed E-state index contributed by atoms with van der Waals surface area (Å²) in [6, 6.07) is 0. The average Bonchev–Trinajstić information content (AvgIpc) is 2.49. The summed E-state index contributed by atoms with van der Waals surface area (Å²) in [5.74, 6) is -0.367. The molecule has 0 bridgehead atoms. The van der Waals surface area contributed by atoms with E-state index < -0.39 is 0 Å². The number of hydrogen-bond acceptors (Lipinski definition) is 4. The van der Waals surface area contributed by atoms with Crippen molar-refractivity contribution in [1.82, 2.24) is 15.0 Å². The van der Waals surface area contributed by atoms with Crippen LogP contribution in [-0.2, 0) is 16.6 Å². The molecule has 0 aliphatic carbocycles. The van der Waals surface area contributed by atoms with Crippen LogP contribution in [0, 0.1) is 0 Å². The normalized spacial score (nSPS) is 10.6. The molecule has 0 spiro atoms. The molecular weight excluding hydrogens is 170 g/mol. The summed E-state index contributed by atoms with van der Waals surface area (Å²) in [6.45, 7) is 2.14. The Morgan fingerprint density at radius 1 is 1.77 bits per heavy atom. The Hall–Kier alpha value is -1.65. The molecule has 0 amide bonds. The smallest absolute Gasteiger partial charge is 0.330 e. The molecule has 0 unspecified atom stereocenters. The molecule has 0 aromatic carbocycles. The number of carbonyl (C=O) groups excluding carboxylic acids is 1. The van der Waals surface area contributed by atoms with Crippen molar-refractivity contribution in [2.24, 2.45) is 7.05 Å². The van der Waals surface area contributed by atoms with Crippen molar-refractivity contribution in [2.75, 3.05) is 6.61 Å². The third-order valence-electron chi connectivity index (χ3n) is 1.30. The van der Waals surface area contributed by atoms with Crippen LogP contribution in [0.4, 0.5) is 0 Å². The summed E-state index contributed by atoms with van der Waals surface area (Å²) in [4.78, 5) is 10.9. The van der Waals surface area contributed by atoms with E-state index in [1.165, 1.54) is 6.08 Å². The topological polar surface area (TPSA) is 57.0 Å². The van der Waals surface area contributed by atoms with Crippen LogP contribution >= 0.6 is 0 Å². The van der Waals surface area contributed by atoms with E-state index in [2.05, 4.69) is 15.0 Å². The molecule has 0 radical (unpaired) electrons. The molecule has 0 N–H and O–H groups in total. The predicted molar refractivity (Wildman–Crippen MR) is 46.7 cm³/mol. The zero-order valence-corrected chi connectivity index (χ0v) is 7.60. The zero-order valence-electron chi connectivity index (χ0n) is 7.60. The minimum atomic E-state index is -0.367. The first-order valence-electron chi connectivity index (χ1n) is 3.93. The van der Waals surface area contributed by atoms with Crippen LogP contribution in [0.1, 0.15) is 12.6 Å². The standard InChI is InChI=1S/C8H11N3O2/c1-3-13-8(12)5-4-7-6-11(2)10-9-7/h4-6H,3H2,1-2H3. The molecule has 5 heteroatoms. The minimum absolute atomic E-state index is 0.367. The SMILES string of the molecule is CCOC(=O)C=Cc1cn(C)nn1. The maximum Gasteiger partial charge on any atom is 0.330 e. The van der Waals surface area contributed by atoms with Gasteiger partial charge in [-0.3, -0.25) is 4.68 Å². The second kappa shape index (κ2) is 4.39. The van der Waals surface area contributed by atoms with E-state index in [9.17, 15) is 4.79 Å². The molecule has 0 fully saturated rings. The number of aryl methyl sites for hydroxylation is 1. The van der Waals surface area contributed by atoms with Gasteiger partial charge in [0.15, 0.2) is 0 Å². The summed E-state index contributed by atoms with van der Waals surface area (Å²) in [6.07, 6.45) is 4.59. The van der Waals surface area contributed by atoms with Gasteiger partial charge in [-0.05, 0) is 13.0 Å². The number of esters is 1. The van der Waals surface area contributed by atoms with E-state index in [-0.39, 0.29) is 5.97 Å². The summed E-state index contributed by atoms with van der Waals surface area (Å²) in [7, 11) is 1.76. The van der Waals surface area contributed by atoms with Gasteiger partial charge in [0.1, 0.15) is 5.69 Å². The highest BCUT2D eigenvalue weighted by atomic mass is 16.5. The number of nitrogens with zero attached hydrogens (tertiary/aromatic N) is 3. The molecule has 1 rings (SSSR count). The van der Waals surface area contributed by atoms with Gasteiger partial charge in [-0.15, -0.1) is 5.10 Å². The molecule has 0 atom stereocenters. The molecule has 70 valence electrons. The number of hydrogen-bond donors (Lipinski definition) is 0. The van der Waals surface area contributed by atoms with E-state index in [4.69, 9.17) is 0 Å². The summed E-state index contributed by atoms with van der Waals surface area (Å²) < 4.78 is 6.25. The Labute approximate surface area is 76.0 Å². The first-order valence-corrected chi connectivity index (χ1v) is 3.93. The van der Waals surface area contributed by atoms with Crippen molar-refractivity contribution >= 4 is 12.0 Å². The minimum Gasteiger partial charge on any atom is -0.463 e. The molecule has 0 saturated carbocycles. The summed E-state index contributed by atoms with van der Waals surface area (Å²) in [5, 5.41) is 7.47. The van der Waals surface area contributed by atoms with Crippen LogP contribution < -0.4 is 0 Å². The van der Waals surface area contributed by atoms with Gasteiger partial charge in [-0.2, -0.15) is 0 Å². The van der Waals surface area contributed by atoms with Gasteiger partial charge >= 0.3 is 5.97 Å². The van der Waals surface area contributed by atoms with Crippen molar-refractivity contribution in [1.29, 1.82) is 0 Å². The van der Waals surface area contributed by atoms with Gasteiger partial charge in [0.05, 0.1) is 12.8 Å². The Kier molecular flexibility index (Phi) is 3.19. The van der Waals surface area contributed by atoms with Crippen LogP contribution in [0.2, 0.25) is 0 Å². The Morgan fingerprint density at radius 2 is 2.54 bits per heavy atom. The van der Waals surface area contributed by atoms with Gasteiger partial charge in [0.2, 0.25) is 0 Å². The van der Waals surface area contributed by atoms with Crippen LogP contribution in [0.5, 0.6) is 0 Å². The van der Waals surface area contributed by atoms with Gasteiger partial charge in [0.25, 0.3) is 0 Å². The van der Waals surface area contributed by atoms with Crippen molar-refractivity contribution in [3.63, 3.8) is 0 Å². The first kappa shape index (κ1) is 9.44. The Bertz CT molecular complexity index is 317. The number of rotatable bonds is 3. The fourth-order valence-corrected chi connectivity index (χ4v) is 0.785. The van der Waals surface area contributed by atoms with Crippen molar-refractivity contribution < 1.29 is 9.53 Å². The second-order valence-electron chi connectivity index (χ2n) is 2.40. The van der Waals surface area contributed by atoms with E-state index in [0.717, 1.165) is 0 Å². The highest BCUT2D eigenvalue weighted by Crippen LogP contribution is 1.95. The largest absolute Gasteiger partial charge is 0.463 e. The maximum atomic E-state index is 10.9. The highest BCUT2D eigenvalue weighted by Gasteiger charge is 1.95. The van der Waals surface area contributed by atoms with E-state index in [0.29, 0.717) is 12.3 Å². The van der Waals surface area contributed by atoms with E-state index in [1.54, 1.807) is 30.9 Å². The molecule has 0 aliphatic heterocycles. The zero-order chi connectivity index (χ0) is 9.68. The third-order valence-corrected chi connectivity index (χ3v) is 1.30. The Balaban J connectivity index is 2.53. The van der Waals surface area contributed by atoms with E-state index >= 15 is 0 Å². The van der Waals surface area contributed by atoms with E-state index in [1.807, 2.05) is 0 Å². The van der Waals surface area contributed by atoms with Gasteiger partial charge in [0, 0.05) is 13.1 Å². The lowest BCUT2D eigenvalue weighted by molar-refractivity contribution is -0.137. The van der Waals surface area contributed by atoms with Crippen LogP contribution in [0.15, 0.2) is 12.3 Å². The quantitative estimate of drug-likeness (QED) is 0.500. The molecule has 1 heterocycles. The van der Waals surface area contributed by atoms with Gasteiger partial charge in [-0.25, -0.2) is 4.79 Å². The second-order valence-corrected chi connectivity index (χ2v) is 2.40. The monoisotopic (exact) mass is 181 g/mol. The number of aromatic nitrogens is 3. The molecular formula is C8H11N3O2. The van der Waals surface area contributed by atoms with Crippen LogP contribution in [0.3, 0.4) is 0 Å². The van der Waals surface area contributed by atoms with Crippen molar-refractivity contribution in [2.45, 2.75) is 6.92 Å². The van der Waals surface area contributed by atoms with Gasteiger partial charge in [-0.1, -0.05) is 5.21 Å². The third kappa shape index (κ3) is 3.06. The summed E-state index contributed by atoms with van der Waals surface area (Å²) in [5.41, 5.74) is 0.635. The molecule has 13 heavy (non-hydrogen) atoms. The first-order chi connectivity index (χ1) is 6.22. The number of ether oxygens (including phenoxy) is 1. The predicted octanol–water partition coefficient (Wildman–Crippen LogP) is 0.391. The molecule has 1 aromatic rings. The lowest BCUT2D eigenvalue weighted by atomic mass is 10.4. The summed E-state index contributed by atoms with van der Waals surface area (Å²) >= 11 is 0. The fraction of sp³-hybridized carbons (Fsp3) is 0.375. The number of carbonyl (C=O) groups is 1.